The van der Waals surface area contributed by atoms with Crippen LogP contribution in [0.5, 0.6) is 0 Å². The van der Waals surface area contributed by atoms with Crippen LogP contribution in [-0.2, 0) is 0 Å². The summed E-state index contributed by atoms with van der Waals surface area (Å²) in [7, 11) is 0. The van der Waals surface area contributed by atoms with E-state index in [0.717, 1.165) is 0 Å². The van der Waals surface area contributed by atoms with Gasteiger partial charge in [0, 0.05) is 10.6 Å². The summed E-state index contributed by atoms with van der Waals surface area (Å²) < 4.78 is 4.98. The number of hydrogen-bond acceptors (Lipinski definition) is 4. The van der Waals surface area contributed by atoms with E-state index < -0.39 is 11.5 Å². The molecule has 5 nitrogen and oxygen atoms in total. The number of nitrogens with zero attached hydrogens (tertiary/aromatic N) is 1. The molecule has 3 rings (SSSR count). The number of rotatable bonds is 2. The highest BCUT2D eigenvalue weighted by molar-refractivity contribution is 6.30. The smallest absolute Gasteiger partial charge is 0.348 e. The van der Waals surface area contributed by atoms with Crippen molar-refractivity contribution in [3.05, 3.63) is 69.5 Å². The number of amides is 1. The molecule has 0 saturated carbocycles. The van der Waals surface area contributed by atoms with Crippen LogP contribution >= 0.6 is 11.6 Å². The highest BCUT2D eigenvalue weighted by Gasteiger charge is 2.11. The average molecular weight is 301 g/mol. The lowest BCUT2D eigenvalue weighted by Gasteiger charge is -2.04. The Labute approximate surface area is 124 Å². The van der Waals surface area contributed by atoms with Crippen LogP contribution in [0.2, 0.25) is 5.02 Å². The average Bonchev–Trinajstić information content (AvgIpc) is 2.48. The van der Waals surface area contributed by atoms with Crippen LogP contribution in [0.3, 0.4) is 0 Å². The Morgan fingerprint density at radius 2 is 1.81 bits per heavy atom. The molecule has 1 amide bonds. The van der Waals surface area contributed by atoms with Gasteiger partial charge in [0.25, 0.3) is 5.91 Å². The number of fused-ring (bicyclic) bond motifs is 1. The minimum atomic E-state index is -0.549. The number of nitrogens with one attached hydrogen (secondary N) is 1. The van der Waals surface area contributed by atoms with Gasteiger partial charge < -0.3 is 4.42 Å². The summed E-state index contributed by atoms with van der Waals surface area (Å²) in [6, 6.07) is 12.9. The van der Waals surface area contributed by atoms with Crippen molar-refractivity contribution in [2.24, 2.45) is 0 Å². The maximum atomic E-state index is 12.0. The molecule has 0 atom stereocenters. The molecule has 0 aliphatic heterocycles. The van der Waals surface area contributed by atoms with E-state index in [1.807, 2.05) is 0 Å². The summed E-state index contributed by atoms with van der Waals surface area (Å²) in [5.41, 5.74) is 0.296. The zero-order valence-corrected chi connectivity index (χ0v) is 11.4. The number of para-hydroxylation sites is 1. The summed E-state index contributed by atoms with van der Waals surface area (Å²) in [6.07, 6.45) is 0. The Balaban J connectivity index is 1.93. The zero-order chi connectivity index (χ0) is 14.8. The van der Waals surface area contributed by atoms with Gasteiger partial charge in [-0.3, -0.25) is 10.1 Å². The second-order valence-corrected chi connectivity index (χ2v) is 4.72. The fraction of sp³-hybridized carbons (Fsp3) is 0. The van der Waals surface area contributed by atoms with E-state index in [4.69, 9.17) is 16.0 Å². The largest absolute Gasteiger partial charge is 0.388 e. The molecular formula is C15H9ClN2O3. The topological polar surface area (TPSA) is 72.2 Å². The Morgan fingerprint density at radius 3 is 2.57 bits per heavy atom. The molecule has 0 aliphatic carbocycles. The van der Waals surface area contributed by atoms with Crippen LogP contribution in [-0.4, -0.2) is 10.9 Å². The van der Waals surface area contributed by atoms with Gasteiger partial charge in [-0.25, -0.2) is 4.79 Å². The van der Waals surface area contributed by atoms with Crippen molar-refractivity contribution in [2.45, 2.75) is 0 Å². The van der Waals surface area contributed by atoms with Gasteiger partial charge in [0.2, 0.25) is 0 Å². The van der Waals surface area contributed by atoms with Gasteiger partial charge in [-0.1, -0.05) is 23.7 Å². The third-order valence-corrected chi connectivity index (χ3v) is 3.11. The monoisotopic (exact) mass is 300 g/mol. The van der Waals surface area contributed by atoms with Crippen molar-refractivity contribution in [1.29, 1.82) is 0 Å². The molecule has 0 unspecified atom stereocenters. The van der Waals surface area contributed by atoms with E-state index in [9.17, 15) is 9.59 Å². The first-order chi connectivity index (χ1) is 10.1. The first-order valence-electron chi connectivity index (χ1n) is 6.10. The molecule has 0 fully saturated rings. The number of carbonyl (C=O) groups is 1. The van der Waals surface area contributed by atoms with E-state index in [0.29, 0.717) is 21.5 Å². The lowest BCUT2D eigenvalue weighted by atomic mass is 10.2. The maximum Gasteiger partial charge on any atom is 0.348 e. The quantitative estimate of drug-likeness (QED) is 0.789. The SMILES string of the molecule is O=C(Nc1nc2ccccc2c(=O)o1)c1ccc(Cl)cc1. The number of anilines is 1. The highest BCUT2D eigenvalue weighted by Crippen LogP contribution is 2.13. The number of aromatic nitrogens is 1. The maximum absolute atomic E-state index is 12.0. The number of carbonyl (C=O) groups excluding carboxylic acids is 1. The molecular weight excluding hydrogens is 292 g/mol. The van der Waals surface area contributed by atoms with Gasteiger partial charge >= 0.3 is 11.6 Å². The van der Waals surface area contributed by atoms with Crippen LogP contribution in [0.15, 0.2) is 57.7 Å². The number of hydrogen-bond donors (Lipinski definition) is 1. The van der Waals surface area contributed by atoms with Crippen molar-refractivity contribution in [2.75, 3.05) is 5.32 Å². The van der Waals surface area contributed by atoms with Crippen molar-refractivity contribution in [3.63, 3.8) is 0 Å². The van der Waals surface area contributed by atoms with Gasteiger partial charge in [-0.05, 0) is 36.4 Å². The van der Waals surface area contributed by atoms with Crippen LogP contribution in [0, 0.1) is 0 Å². The van der Waals surface area contributed by atoms with Crippen molar-refractivity contribution in [3.8, 4) is 0 Å². The van der Waals surface area contributed by atoms with E-state index in [1.54, 1.807) is 48.5 Å². The highest BCUT2D eigenvalue weighted by atomic mass is 35.5. The lowest BCUT2D eigenvalue weighted by molar-refractivity contribution is 0.102. The second-order valence-electron chi connectivity index (χ2n) is 4.28. The Kier molecular flexibility index (Phi) is 3.41. The summed E-state index contributed by atoms with van der Waals surface area (Å²) >= 11 is 5.76. The van der Waals surface area contributed by atoms with E-state index in [2.05, 4.69) is 10.3 Å². The van der Waals surface area contributed by atoms with E-state index in [-0.39, 0.29) is 6.01 Å². The minimum absolute atomic E-state index is 0.140. The standard InChI is InChI=1S/C15H9ClN2O3/c16-10-7-5-9(6-8-10)13(19)18-15-17-12-4-2-1-3-11(12)14(20)21-15/h1-8H,(H,17,18,19). The second kappa shape index (κ2) is 5.38. The van der Waals surface area contributed by atoms with Crippen molar-refractivity contribution < 1.29 is 9.21 Å². The predicted octanol–water partition coefficient (Wildman–Crippen LogP) is 3.09. The molecule has 0 saturated heterocycles. The normalized spacial score (nSPS) is 10.5. The molecule has 1 heterocycles. The Hall–Kier alpha value is -2.66. The van der Waals surface area contributed by atoms with E-state index in [1.165, 1.54) is 0 Å². The summed E-state index contributed by atoms with van der Waals surface area (Å²) in [6.45, 7) is 0. The fourth-order valence-corrected chi connectivity index (χ4v) is 1.97. The predicted molar refractivity (Wildman–Crippen MR) is 79.7 cm³/mol. The Bertz CT molecular complexity index is 872. The van der Waals surface area contributed by atoms with Gasteiger partial charge in [0.05, 0.1) is 10.9 Å². The first-order valence-corrected chi connectivity index (χ1v) is 6.48. The Morgan fingerprint density at radius 1 is 1.10 bits per heavy atom. The molecule has 21 heavy (non-hydrogen) atoms. The lowest BCUT2D eigenvalue weighted by Crippen LogP contribution is -2.15. The molecule has 104 valence electrons. The van der Waals surface area contributed by atoms with Gasteiger partial charge in [0.15, 0.2) is 0 Å². The van der Waals surface area contributed by atoms with Crippen molar-refractivity contribution in [1.82, 2.24) is 4.98 Å². The van der Waals surface area contributed by atoms with Crippen LogP contribution in [0.1, 0.15) is 10.4 Å². The minimum Gasteiger partial charge on any atom is -0.388 e. The molecule has 1 N–H and O–H groups in total. The first kappa shape index (κ1) is 13.3. The number of benzene rings is 2. The molecule has 0 bridgehead atoms. The number of halogens is 1. The van der Waals surface area contributed by atoms with Gasteiger partial charge in [-0.2, -0.15) is 4.98 Å². The molecule has 6 heteroatoms. The zero-order valence-electron chi connectivity index (χ0n) is 10.7. The van der Waals surface area contributed by atoms with Crippen molar-refractivity contribution >= 4 is 34.4 Å². The molecule has 1 aromatic heterocycles. The summed E-state index contributed by atoms with van der Waals surface area (Å²) in [5.74, 6) is -0.433. The van der Waals surface area contributed by atoms with Crippen LogP contribution in [0.4, 0.5) is 6.01 Å². The third-order valence-electron chi connectivity index (χ3n) is 2.86. The molecule has 0 spiro atoms. The fourth-order valence-electron chi connectivity index (χ4n) is 1.84. The van der Waals surface area contributed by atoms with Gasteiger partial charge in [0.1, 0.15) is 0 Å². The molecule has 2 aromatic carbocycles. The summed E-state index contributed by atoms with van der Waals surface area (Å²) in [4.78, 5) is 27.9. The molecule has 0 aliphatic rings. The molecule has 0 radical (unpaired) electrons. The summed E-state index contributed by atoms with van der Waals surface area (Å²) in [5, 5.41) is 3.34. The van der Waals surface area contributed by atoms with Crippen LogP contribution in [0.25, 0.3) is 10.9 Å². The molecule has 3 aromatic rings. The van der Waals surface area contributed by atoms with E-state index >= 15 is 0 Å². The van der Waals surface area contributed by atoms with Gasteiger partial charge in [-0.15, -0.1) is 0 Å². The third kappa shape index (κ3) is 2.78. The van der Waals surface area contributed by atoms with Crippen LogP contribution < -0.4 is 10.9 Å².